The molecule has 4 aromatic rings. The third-order valence-corrected chi connectivity index (χ3v) is 3.23. The quantitative estimate of drug-likeness (QED) is 0.529. The summed E-state index contributed by atoms with van der Waals surface area (Å²) < 4.78 is 7.49. The second-order valence-electron chi connectivity index (χ2n) is 4.61. The highest BCUT2D eigenvalue weighted by atomic mass is 16.3. The number of aromatic nitrogens is 5. The number of nitrogens with zero attached hydrogens (tertiary/aromatic N) is 5. The standard InChI is InChI=1S/C13H11N7O/c14-7-2-1-3-8-10(7)19-9(21-8)4-20-6-18-11-12(15)16-5-17-13(11)20/h1-3,5-6H,4,14H2,(H2,15,16,17). The second-order valence-corrected chi connectivity index (χ2v) is 4.61. The summed E-state index contributed by atoms with van der Waals surface area (Å²) in [6.45, 7) is 0.390. The van der Waals surface area contributed by atoms with Crippen LogP contribution in [-0.2, 0) is 6.54 Å². The molecule has 0 aliphatic rings. The lowest BCUT2D eigenvalue weighted by Crippen LogP contribution is -2.00. The van der Waals surface area contributed by atoms with E-state index in [-0.39, 0.29) is 0 Å². The van der Waals surface area contributed by atoms with E-state index in [0.717, 1.165) is 0 Å². The van der Waals surface area contributed by atoms with Crippen LogP contribution >= 0.6 is 0 Å². The summed E-state index contributed by atoms with van der Waals surface area (Å²) in [5.74, 6) is 0.875. The fourth-order valence-electron chi connectivity index (χ4n) is 2.24. The number of oxazole rings is 1. The lowest BCUT2D eigenvalue weighted by atomic mass is 10.3. The number of rotatable bonds is 2. The number of imidazole rings is 1. The minimum atomic E-state index is 0.348. The number of fused-ring (bicyclic) bond motifs is 2. The number of nitrogen functional groups attached to an aromatic ring is 2. The van der Waals surface area contributed by atoms with Crippen LogP contribution in [0.4, 0.5) is 11.5 Å². The third-order valence-electron chi connectivity index (χ3n) is 3.23. The van der Waals surface area contributed by atoms with Crippen LogP contribution in [0.1, 0.15) is 5.89 Å². The highest BCUT2D eigenvalue weighted by Gasteiger charge is 2.12. The molecule has 3 aromatic heterocycles. The molecule has 0 saturated carbocycles. The zero-order chi connectivity index (χ0) is 14.4. The molecule has 0 aliphatic heterocycles. The Labute approximate surface area is 118 Å². The molecule has 0 amide bonds. The zero-order valence-corrected chi connectivity index (χ0v) is 10.9. The van der Waals surface area contributed by atoms with E-state index in [1.54, 1.807) is 17.0 Å². The van der Waals surface area contributed by atoms with Gasteiger partial charge in [0.05, 0.1) is 12.0 Å². The van der Waals surface area contributed by atoms with Gasteiger partial charge in [0.25, 0.3) is 0 Å². The van der Waals surface area contributed by atoms with Crippen LogP contribution in [0.2, 0.25) is 0 Å². The van der Waals surface area contributed by atoms with Crippen molar-refractivity contribution in [1.29, 1.82) is 0 Å². The average Bonchev–Trinajstić information content (AvgIpc) is 3.06. The topological polar surface area (TPSA) is 122 Å². The summed E-state index contributed by atoms with van der Waals surface area (Å²) in [7, 11) is 0. The lowest BCUT2D eigenvalue weighted by Gasteiger charge is -1.99. The highest BCUT2D eigenvalue weighted by molar-refractivity contribution is 5.85. The Balaban J connectivity index is 1.79. The van der Waals surface area contributed by atoms with Crippen LogP contribution in [0, 0.1) is 0 Å². The maximum absolute atomic E-state index is 5.87. The molecular formula is C13H11N7O. The molecular weight excluding hydrogens is 270 g/mol. The molecule has 104 valence electrons. The summed E-state index contributed by atoms with van der Waals surface area (Å²) in [6, 6.07) is 5.44. The molecule has 1 aromatic carbocycles. The van der Waals surface area contributed by atoms with Crippen molar-refractivity contribution < 1.29 is 4.42 Å². The van der Waals surface area contributed by atoms with Gasteiger partial charge in [0.1, 0.15) is 23.9 Å². The van der Waals surface area contributed by atoms with E-state index < -0.39 is 0 Å². The van der Waals surface area contributed by atoms with Gasteiger partial charge in [0, 0.05) is 0 Å². The minimum Gasteiger partial charge on any atom is -0.439 e. The number of anilines is 2. The van der Waals surface area contributed by atoms with Gasteiger partial charge in [-0.3, -0.25) is 0 Å². The van der Waals surface area contributed by atoms with Gasteiger partial charge < -0.3 is 20.5 Å². The van der Waals surface area contributed by atoms with E-state index in [9.17, 15) is 0 Å². The van der Waals surface area contributed by atoms with Gasteiger partial charge in [-0.2, -0.15) is 0 Å². The summed E-state index contributed by atoms with van der Waals surface area (Å²) in [5.41, 5.74) is 14.7. The number of hydrogen-bond donors (Lipinski definition) is 2. The Morgan fingerprint density at radius 3 is 2.86 bits per heavy atom. The van der Waals surface area contributed by atoms with Gasteiger partial charge in [0.2, 0.25) is 5.89 Å². The van der Waals surface area contributed by atoms with E-state index in [4.69, 9.17) is 15.9 Å². The van der Waals surface area contributed by atoms with Gasteiger partial charge in [-0.15, -0.1) is 0 Å². The largest absolute Gasteiger partial charge is 0.439 e. The molecule has 0 fully saturated rings. The lowest BCUT2D eigenvalue weighted by molar-refractivity contribution is 0.511. The number of hydrogen-bond acceptors (Lipinski definition) is 7. The second kappa shape index (κ2) is 4.17. The number of benzene rings is 1. The van der Waals surface area contributed by atoms with Crippen molar-refractivity contribution in [3.8, 4) is 0 Å². The van der Waals surface area contributed by atoms with E-state index in [0.29, 0.717) is 46.2 Å². The Hall–Kier alpha value is -3.16. The maximum Gasteiger partial charge on any atom is 0.215 e. The van der Waals surface area contributed by atoms with Crippen molar-refractivity contribution in [3.63, 3.8) is 0 Å². The first-order valence-corrected chi connectivity index (χ1v) is 6.27. The average molecular weight is 281 g/mol. The Morgan fingerprint density at radius 1 is 1.10 bits per heavy atom. The smallest absolute Gasteiger partial charge is 0.215 e. The molecule has 0 atom stereocenters. The van der Waals surface area contributed by atoms with E-state index in [1.165, 1.54) is 6.33 Å². The van der Waals surface area contributed by atoms with Crippen LogP contribution in [0.3, 0.4) is 0 Å². The van der Waals surface area contributed by atoms with Crippen molar-refractivity contribution in [2.75, 3.05) is 11.5 Å². The maximum atomic E-state index is 5.87. The molecule has 0 bridgehead atoms. The summed E-state index contributed by atoms with van der Waals surface area (Å²) in [5, 5.41) is 0. The van der Waals surface area contributed by atoms with Gasteiger partial charge in [-0.05, 0) is 12.1 Å². The fraction of sp³-hybridized carbons (Fsp3) is 0.0769. The Kier molecular flexibility index (Phi) is 2.31. The molecule has 0 radical (unpaired) electrons. The van der Waals surface area contributed by atoms with E-state index in [1.807, 2.05) is 12.1 Å². The van der Waals surface area contributed by atoms with Crippen LogP contribution in [-0.4, -0.2) is 24.5 Å². The first-order chi connectivity index (χ1) is 10.2. The monoisotopic (exact) mass is 281 g/mol. The van der Waals surface area contributed by atoms with Gasteiger partial charge in [-0.25, -0.2) is 19.9 Å². The van der Waals surface area contributed by atoms with Crippen molar-refractivity contribution in [1.82, 2.24) is 24.5 Å². The highest BCUT2D eigenvalue weighted by Crippen LogP contribution is 2.22. The number of para-hydroxylation sites is 1. The summed E-state index contributed by atoms with van der Waals surface area (Å²) in [6.07, 6.45) is 3.04. The van der Waals surface area contributed by atoms with E-state index >= 15 is 0 Å². The van der Waals surface area contributed by atoms with Crippen LogP contribution in [0.5, 0.6) is 0 Å². The molecule has 4 N–H and O–H groups in total. The van der Waals surface area contributed by atoms with Crippen LogP contribution < -0.4 is 11.5 Å². The number of nitrogens with two attached hydrogens (primary N) is 2. The summed E-state index contributed by atoms with van der Waals surface area (Å²) in [4.78, 5) is 16.7. The van der Waals surface area contributed by atoms with Gasteiger partial charge in [-0.1, -0.05) is 6.07 Å². The molecule has 3 heterocycles. The van der Waals surface area contributed by atoms with Crippen LogP contribution in [0.15, 0.2) is 35.3 Å². The third kappa shape index (κ3) is 1.76. The molecule has 8 heteroatoms. The van der Waals surface area contributed by atoms with Crippen LogP contribution in [0.25, 0.3) is 22.3 Å². The molecule has 0 spiro atoms. The Bertz CT molecular complexity index is 956. The first-order valence-electron chi connectivity index (χ1n) is 6.27. The summed E-state index contributed by atoms with van der Waals surface area (Å²) >= 11 is 0. The minimum absolute atomic E-state index is 0.348. The molecule has 0 saturated heterocycles. The van der Waals surface area contributed by atoms with Crippen molar-refractivity contribution in [2.45, 2.75) is 6.54 Å². The van der Waals surface area contributed by atoms with Gasteiger partial charge in [0.15, 0.2) is 17.0 Å². The first kappa shape index (κ1) is 11.6. The van der Waals surface area contributed by atoms with Gasteiger partial charge >= 0.3 is 0 Å². The molecule has 21 heavy (non-hydrogen) atoms. The Morgan fingerprint density at radius 2 is 2.00 bits per heavy atom. The molecule has 0 aliphatic carbocycles. The predicted molar refractivity (Wildman–Crippen MR) is 77.3 cm³/mol. The van der Waals surface area contributed by atoms with Crippen molar-refractivity contribution >= 4 is 33.8 Å². The normalized spacial score (nSPS) is 11.4. The van der Waals surface area contributed by atoms with Crippen molar-refractivity contribution in [2.24, 2.45) is 0 Å². The molecule has 0 unspecified atom stereocenters. The zero-order valence-electron chi connectivity index (χ0n) is 10.9. The molecule has 4 rings (SSSR count). The SMILES string of the molecule is Nc1cccc2oc(Cn3cnc4c(N)ncnc43)nc12. The van der Waals surface area contributed by atoms with Crippen molar-refractivity contribution in [3.05, 3.63) is 36.7 Å². The predicted octanol–water partition coefficient (Wildman–Crippen LogP) is 1.18. The fourth-order valence-corrected chi connectivity index (χ4v) is 2.24. The van der Waals surface area contributed by atoms with E-state index in [2.05, 4.69) is 19.9 Å². The molecule has 8 nitrogen and oxygen atoms in total.